The highest BCUT2D eigenvalue weighted by Gasteiger charge is 2.27. The molecule has 0 saturated heterocycles. The first-order chi connectivity index (χ1) is 12.0. The molecule has 0 aliphatic carbocycles. The molecule has 2 aromatic rings. The highest BCUT2D eigenvalue weighted by Crippen LogP contribution is 2.34. The van der Waals surface area contributed by atoms with Gasteiger partial charge in [0.25, 0.3) is 0 Å². The van der Waals surface area contributed by atoms with Gasteiger partial charge in [0.1, 0.15) is 25.4 Å². The number of amides is 1. The summed E-state index contributed by atoms with van der Waals surface area (Å²) in [5.74, 6) is -0.161. The lowest BCUT2D eigenvalue weighted by atomic mass is 10.2. The summed E-state index contributed by atoms with van der Waals surface area (Å²) >= 11 is 1.30. The Morgan fingerprint density at radius 1 is 1.35 bits per heavy atom. The Balaban J connectivity index is 2.38. The largest absolute Gasteiger partial charge is 0.443 e. The second-order valence-corrected chi connectivity index (χ2v) is 10.2. The van der Waals surface area contributed by atoms with E-state index in [1.807, 2.05) is 6.07 Å². The van der Waals surface area contributed by atoms with Gasteiger partial charge in [-0.05, 0) is 39.8 Å². The maximum atomic E-state index is 12.6. The minimum Gasteiger partial charge on any atom is -0.443 e. The summed E-state index contributed by atoms with van der Waals surface area (Å²) in [6.07, 6.45) is 3.91. The molecule has 0 spiro atoms. The molecule has 142 valence electrons. The zero-order valence-corrected chi connectivity index (χ0v) is 17.1. The zero-order valence-electron chi connectivity index (χ0n) is 15.5. The summed E-state index contributed by atoms with van der Waals surface area (Å²) in [5, 5.41) is 1.28. The molecule has 0 saturated carbocycles. The average Bonchev–Trinajstić information content (AvgIpc) is 2.87. The molecule has 26 heavy (non-hydrogen) atoms. The highest BCUT2D eigenvalue weighted by molar-refractivity contribution is 7.90. The van der Waals surface area contributed by atoms with E-state index in [9.17, 15) is 13.2 Å². The molecule has 0 aliphatic rings. The van der Waals surface area contributed by atoms with Crippen LogP contribution in [0.5, 0.6) is 0 Å². The molecule has 0 aliphatic heterocycles. The molecule has 0 unspecified atom stereocenters. The van der Waals surface area contributed by atoms with Crippen molar-refractivity contribution in [1.82, 2.24) is 9.97 Å². The van der Waals surface area contributed by atoms with Gasteiger partial charge in [0.15, 0.2) is 0 Å². The van der Waals surface area contributed by atoms with Gasteiger partial charge in [0, 0.05) is 30.8 Å². The van der Waals surface area contributed by atoms with Crippen molar-refractivity contribution in [2.75, 3.05) is 23.5 Å². The van der Waals surface area contributed by atoms with Gasteiger partial charge >= 0.3 is 6.09 Å². The number of aryl methyl sites for hydroxylation is 1. The lowest BCUT2D eigenvalue weighted by Crippen LogP contribution is -2.39. The maximum absolute atomic E-state index is 12.6. The summed E-state index contributed by atoms with van der Waals surface area (Å²) in [6.45, 7) is 7.08. The minimum atomic E-state index is -3.24. The number of thiazole rings is 1. The van der Waals surface area contributed by atoms with Gasteiger partial charge in [-0.1, -0.05) is 11.3 Å². The molecule has 0 fully saturated rings. The number of sulfone groups is 1. The molecule has 1 amide bonds. The second-order valence-electron chi connectivity index (χ2n) is 6.91. The van der Waals surface area contributed by atoms with Crippen molar-refractivity contribution in [2.24, 2.45) is 0 Å². The van der Waals surface area contributed by atoms with Crippen LogP contribution in [0.25, 0.3) is 10.6 Å². The minimum absolute atomic E-state index is 0.00323. The predicted molar refractivity (Wildman–Crippen MR) is 103 cm³/mol. The Hall–Kier alpha value is -2.00. The quantitative estimate of drug-likeness (QED) is 0.769. The molecule has 0 aromatic carbocycles. The molecular formula is C17H23N3O4S2. The van der Waals surface area contributed by atoms with E-state index in [1.165, 1.54) is 16.2 Å². The van der Waals surface area contributed by atoms with Crippen LogP contribution in [0, 0.1) is 6.92 Å². The number of carbonyl (C=O) groups excluding carboxylic acids is 1. The number of hydrogen-bond acceptors (Lipinski definition) is 7. The fraction of sp³-hybridized carbons (Fsp3) is 0.471. The zero-order chi connectivity index (χ0) is 19.5. The van der Waals surface area contributed by atoms with Crippen LogP contribution in [-0.4, -0.2) is 48.6 Å². The summed E-state index contributed by atoms with van der Waals surface area (Å²) in [6, 6.07) is 3.68. The predicted octanol–water partition coefficient (Wildman–Crippen LogP) is 3.30. The smallest absolute Gasteiger partial charge is 0.415 e. The monoisotopic (exact) mass is 397 g/mol. The second kappa shape index (κ2) is 7.71. The van der Waals surface area contributed by atoms with E-state index in [1.54, 1.807) is 46.2 Å². The van der Waals surface area contributed by atoms with Crippen molar-refractivity contribution in [3.63, 3.8) is 0 Å². The van der Waals surface area contributed by atoms with Crippen LogP contribution in [-0.2, 0) is 14.6 Å². The first-order valence-corrected chi connectivity index (χ1v) is 10.9. The number of rotatable bonds is 5. The van der Waals surface area contributed by atoms with Crippen molar-refractivity contribution >= 4 is 32.3 Å². The third-order valence-electron chi connectivity index (χ3n) is 3.23. The average molecular weight is 398 g/mol. The van der Waals surface area contributed by atoms with Gasteiger partial charge in [-0.3, -0.25) is 9.88 Å². The van der Waals surface area contributed by atoms with E-state index < -0.39 is 21.5 Å². The number of anilines is 1. The number of carbonyl (C=O) groups is 1. The summed E-state index contributed by atoms with van der Waals surface area (Å²) < 4.78 is 28.6. The number of pyridine rings is 1. The van der Waals surface area contributed by atoms with E-state index >= 15 is 0 Å². The molecule has 2 aromatic heterocycles. The highest BCUT2D eigenvalue weighted by atomic mass is 32.2. The lowest BCUT2D eigenvalue weighted by Gasteiger charge is -2.26. The summed E-state index contributed by atoms with van der Waals surface area (Å²) in [5.41, 5.74) is 0.776. The van der Waals surface area contributed by atoms with E-state index in [-0.39, 0.29) is 12.3 Å². The van der Waals surface area contributed by atoms with E-state index in [2.05, 4.69) is 9.97 Å². The summed E-state index contributed by atoms with van der Waals surface area (Å²) in [4.78, 5) is 22.6. The van der Waals surface area contributed by atoms with Gasteiger partial charge in [-0.25, -0.2) is 18.2 Å². The normalized spacial score (nSPS) is 12.0. The van der Waals surface area contributed by atoms with Gasteiger partial charge in [0.05, 0.1) is 11.4 Å². The topological polar surface area (TPSA) is 89.5 Å². The number of aromatic nitrogens is 2. The van der Waals surface area contributed by atoms with Gasteiger partial charge < -0.3 is 4.74 Å². The molecule has 9 heteroatoms. The molecule has 0 N–H and O–H groups in total. The third-order valence-corrected chi connectivity index (χ3v) is 5.38. The Morgan fingerprint density at radius 2 is 2.04 bits per heavy atom. The molecule has 0 radical (unpaired) electrons. The molecular weight excluding hydrogens is 374 g/mol. The van der Waals surface area contributed by atoms with Crippen LogP contribution >= 0.6 is 11.3 Å². The van der Waals surface area contributed by atoms with Crippen LogP contribution in [0.1, 0.15) is 26.5 Å². The Labute approximate surface area is 158 Å². The van der Waals surface area contributed by atoms with Gasteiger partial charge in [-0.15, -0.1) is 0 Å². The third kappa shape index (κ3) is 5.77. The Morgan fingerprint density at radius 3 is 2.58 bits per heavy atom. The lowest BCUT2D eigenvalue weighted by molar-refractivity contribution is 0.0583. The first kappa shape index (κ1) is 20.3. The van der Waals surface area contributed by atoms with Gasteiger partial charge in [-0.2, -0.15) is 0 Å². The number of nitrogens with zero attached hydrogens (tertiary/aromatic N) is 3. The molecule has 2 rings (SSSR count). The van der Waals surface area contributed by atoms with Crippen molar-refractivity contribution in [1.29, 1.82) is 0 Å². The van der Waals surface area contributed by atoms with E-state index in [4.69, 9.17) is 4.74 Å². The fourth-order valence-corrected chi connectivity index (χ4v) is 3.69. The molecule has 0 atom stereocenters. The van der Waals surface area contributed by atoms with Crippen LogP contribution in [0.2, 0.25) is 0 Å². The van der Waals surface area contributed by atoms with E-state index in [0.717, 1.165) is 11.8 Å². The standard InChI is InChI=1S/C17H23N3O4S2/c1-12-15(25-14(19-12)13-7-6-8-18-11-13)20(9-10-26(5,22)23)16(21)24-17(2,3)4/h6-8,11H,9-10H2,1-5H3. The van der Waals surface area contributed by atoms with E-state index in [0.29, 0.717) is 15.7 Å². The Bertz CT molecular complexity index is 871. The fourth-order valence-electron chi connectivity index (χ4n) is 2.10. The molecule has 2 heterocycles. The SMILES string of the molecule is Cc1nc(-c2cccnc2)sc1N(CCS(C)(=O)=O)C(=O)OC(C)(C)C. The van der Waals surface area contributed by atoms with Crippen molar-refractivity contribution in [2.45, 2.75) is 33.3 Å². The van der Waals surface area contributed by atoms with Crippen LogP contribution < -0.4 is 4.90 Å². The van der Waals surface area contributed by atoms with Crippen molar-refractivity contribution < 1.29 is 17.9 Å². The molecule has 7 nitrogen and oxygen atoms in total. The maximum Gasteiger partial charge on any atom is 0.415 e. The Kier molecular flexibility index (Phi) is 6.02. The summed E-state index contributed by atoms with van der Waals surface area (Å²) in [7, 11) is -3.24. The van der Waals surface area contributed by atoms with Gasteiger partial charge in [0.2, 0.25) is 0 Å². The molecule has 0 bridgehead atoms. The van der Waals surface area contributed by atoms with Crippen molar-refractivity contribution in [3.05, 3.63) is 30.2 Å². The van der Waals surface area contributed by atoms with Crippen LogP contribution in [0.4, 0.5) is 9.80 Å². The van der Waals surface area contributed by atoms with Crippen LogP contribution in [0.3, 0.4) is 0 Å². The van der Waals surface area contributed by atoms with Crippen LogP contribution in [0.15, 0.2) is 24.5 Å². The first-order valence-electron chi connectivity index (χ1n) is 8.02. The number of hydrogen-bond donors (Lipinski definition) is 0. The van der Waals surface area contributed by atoms with Crippen molar-refractivity contribution in [3.8, 4) is 10.6 Å². The number of ether oxygens (including phenoxy) is 1.